The molecule has 2 fully saturated rings. The number of guanidine groups is 1. The van der Waals surface area contributed by atoms with Crippen LogP contribution in [0.15, 0.2) is 17.4 Å². The van der Waals surface area contributed by atoms with E-state index in [0.29, 0.717) is 12.6 Å². The number of morpholine rings is 2. The molecule has 2 saturated heterocycles. The van der Waals surface area contributed by atoms with Crippen molar-refractivity contribution in [1.82, 2.24) is 24.9 Å². The third-order valence-electron chi connectivity index (χ3n) is 4.86. The largest absolute Gasteiger partial charge is 0.379 e. The SMILES string of the molecule is CN=C(NCCN1CCOCC1C)N1CCOC(c2cnn(C)c2)C1.I. The number of rotatable bonds is 4. The highest BCUT2D eigenvalue weighted by atomic mass is 127. The van der Waals surface area contributed by atoms with Crippen molar-refractivity contribution in [2.75, 3.05) is 59.6 Å². The van der Waals surface area contributed by atoms with Crippen molar-refractivity contribution in [1.29, 1.82) is 0 Å². The van der Waals surface area contributed by atoms with Gasteiger partial charge in [0.25, 0.3) is 0 Å². The number of nitrogens with zero attached hydrogens (tertiary/aromatic N) is 5. The second-order valence-electron chi connectivity index (χ2n) is 6.69. The molecule has 2 aliphatic rings. The van der Waals surface area contributed by atoms with Gasteiger partial charge in [0, 0.05) is 58.1 Å². The number of ether oxygens (including phenoxy) is 2. The molecule has 2 unspecified atom stereocenters. The fourth-order valence-corrected chi connectivity index (χ4v) is 3.39. The third-order valence-corrected chi connectivity index (χ3v) is 4.86. The molecule has 148 valence electrons. The molecule has 0 bridgehead atoms. The molecule has 0 saturated carbocycles. The van der Waals surface area contributed by atoms with Crippen LogP contribution in [0.25, 0.3) is 0 Å². The maximum atomic E-state index is 5.92. The molecule has 0 aliphatic carbocycles. The Morgan fingerprint density at radius 3 is 2.92 bits per heavy atom. The summed E-state index contributed by atoms with van der Waals surface area (Å²) < 4.78 is 13.2. The first kappa shape index (κ1) is 21.4. The van der Waals surface area contributed by atoms with Crippen LogP contribution in [0.4, 0.5) is 0 Å². The molecule has 2 aliphatic heterocycles. The molecule has 1 aromatic heterocycles. The zero-order valence-corrected chi connectivity index (χ0v) is 18.3. The van der Waals surface area contributed by atoms with Crippen LogP contribution in [0, 0.1) is 0 Å². The Bertz CT molecular complexity index is 581. The van der Waals surface area contributed by atoms with Gasteiger partial charge in [0.05, 0.1) is 32.6 Å². The second kappa shape index (κ2) is 10.4. The molecule has 3 rings (SSSR count). The fraction of sp³-hybridized carbons (Fsp3) is 0.765. The van der Waals surface area contributed by atoms with Crippen molar-refractivity contribution in [3.63, 3.8) is 0 Å². The number of aliphatic imine (C=N–C) groups is 1. The van der Waals surface area contributed by atoms with E-state index in [0.717, 1.165) is 57.5 Å². The molecule has 8 nitrogen and oxygen atoms in total. The van der Waals surface area contributed by atoms with Crippen LogP contribution < -0.4 is 5.32 Å². The van der Waals surface area contributed by atoms with Crippen LogP contribution in [-0.2, 0) is 16.5 Å². The topological polar surface area (TPSA) is 67.2 Å². The monoisotopic (exact) mass is 478 g/mol. The lowest BCUT2D eigenvalue weighted by Gasteiger charge is -2.36. The van der Waals surface area contributed by atoms with Crippen molar-refractivity contribution in [3.8, 4) is 0 Å². The Kier molecular flexibility index (Phi) is 8.58. The quantitative estimate of drug-likeness (QED) is 0.391. The minimum Gasteiger partial charge on any atom is -0.379 e. The van der Waals surface area contributed by atoms with Crippen molar-refractivity contribution < 1.29 is 9.47 Å². The maximum Gasteiger partial charge on any atom is 0.193 e. The molecule has 1 N–H and O–H groups in total. The summed E-state index contributed by atoms with van der Waals surface area (Å²) in [4.78, 5) is 9.19. The standard InChI is InChI=1S/C17H30N6O2.HI/c1-14-13-24-8-6-22(14)5-4-19-17(18-2)23-7-9-25-16(12-23)15-10-20-21(3)11-15;/h10-11,14,16H,4-9,12-13H2,1-3H3,(H,18,19);1H. The van der Waals surface area contributed by atoms with E-state index in [1.165, 1.54) is 0 Å². The van der Waals surface area contributed by atoms with Gasteiger partial charge in [0.1, 0.15) is 6.10 Å². The first-order chi connectivity index (χ1) is 12.2. The average Bonchev–Trinajstić information content (AvgIpc) is 3.07. The van der Waals surface area contributed by atoms with E-state index in [4.69, 9.17) is 9.47 Å². The lowest BCUT2D eigenvalue weighted by Crippen LogP contribution is -2.51. The summed E-state index contributed by atoms with van der Waals surface area (Å²) in [7, 11) is 3.77. The Labute approximate surface area is 172 Å². The highest BCUT2D eigenvalue weighted by Gasteiger charge is 2.25. The Morgan fingerprint density at radius 1 is 1.38 bits per heavy atom. The molecule has 0 aromatic carbocycles. The van der Waals surface area contributed by atoms with Crippen LogP contribution in [0.1, 0.15) is 18.6 Å². The van der Waals surface area contributed by atoms with Gasteiger partial charge in [0.2, 0.25) is 0 Å². The van der Waals surface area contributed by atoms with Gasteiger partial charge in [-0.05, 0) is 6.92 Å². The van der Waals surface area contributed by atoms with E-state index in [1.807, 2.05) is 31.2 Å². The van der Waals surface area contributed by atoms with E-state index in [2.05, 4.69) is 32.1 Å². The lowest BCUT2D eigenvalue weighted by atomic mass is 10.1. The number of aromatic nitrogens is 2. The van der Waals surface area contributed by atoms with Crippen molar-refractivity contribution in [2.45, 2.75) is 19.1 Å². The summed E-state index contributed by atoms with van der Waals surface area (Å²) in [5.41, 5.74) is 1.12. The van der Waals surface area contributed by atoms with Gasteiger partial charge in [-0.1, -0.05) is 0 Å². The van der Waals surface area contributed by atoms with Gasteiger partial charge in [-0.15, -0.1) is 24.0 Å². The van der Waals surface area contributed by atoms with Gasteiger partial charge in [-0.25, -0.2) is 0 Å². The number of aryl methyl sites for hydroxylation is 1. The highest BCUT2D eigenvalue weighted by Crippen LogP contribution is 2.21. The van der Waals surface area contributed by atoms with E-state index in [1.54, 1.807) is 0 Å². The molecule has 9 heteroatoms. The molecule has 2 atom stereocenters. The van der Waals surface area contributed by atoms with Gasteiger partial charge < -0.3 is 19.7 Å². The fourth-order valence-electron chi connectivity index (χ4n) is 3.39. The minimum absolute atomic E-state index is 0. The summed E-state index contributed by atoms with van der Waals surface area (Å²) in [5, 5.41) is 7.75. The number of nitrogens with one attached hydrogen (secondary N) is 1. The Hall–Kier alpha value is -0.910. The Balaban J connectivity index is 0.00000243. The predicted molar refractivity (Wildman–Crippen MR) is 112 cm³/mol. The summed E-state index contributed by atoms with van der Waals surface area (Å²) in [6.45, 7) is 9.09. The van der Waals surface area contributed by atoms with E-state index in [-0.39, 0.29) is 30.1 Å². The van der Waals surface area contributed by atoms with E-state index in [9.17, 15) is 0 Å². The maximum absolute atomic E-state index is 5.92. The summed E-state index contributed by atoms with van der Waals surface area (Å²) in [6, 6.07) is 0.482. The van der Waals surface area contributed by atoms with Gasteiger partial charge in [-0.2, -0.15) is 5.10 Å². The lowest BCUT2D eigenvalue weighted by molar-refractivity contribution is -0.00874. The van der Waals surface area contributed by atoms with Crippen molar-refractivity contribution in [2.24, 2.45) is 12.0 Å². The average molecular weight is 478 g/mol. The molecule has 3 heterocycles. The Morgan fingerprint density at radius 2 is 2.23 bits per heavy atom. The van der Waals surface area contributed by atoms with Crippen LogP contribution in [-0.4, -0.2) is 91.2 Å². The first-order valence-electron chi connectivity index (χ1n) is 9.05. The van der Waals surface area contributed by atoms with Gasteiger partial charge in [0.15, 0.2) is 5.96 Å². The van der Waals surface area contributed by atoms with Crippen LogP contribution in [0.5, 0.6) is 0 Å². The molecule has 26 heavy (non-hydrogen) atoms. The van der Waals surface area contributed by atoms with Gasteiger partial charge >= 0.3 is 0 Å². The summed E-state index contributed by atoms with van der Waals surface area (Å²) >= 11 is 0. The normalized spacial score (nSPS) is 25.0. The van der Waals surface area contributed by atoms with Crippen LogP contribution in [0.2, 0.25) is 0 Å². The summed E-state index contributed by atoms with van der Waals surface area (Å²) in [6.07, 6.45) is 3.94. The molecule has 0 radical (unpaired) electrons. The van der Waals surface area contributed by atoms with Crippen molar-refractivity contribution >= 4 is 29.9 Å². The number of hydrogen-bond acceptors (Lipinski definition) is 5. The highest BCUT2D eigenvalue weighted by molar-refractivity contribution is 14.0. The second-order valence-corrected chi connectivity index (χ2v) is 6.69. The first-order valence-corrected chi connectivity index (χ1v) is 9.05. The molecular formula is C17H31IN6O2. The number of hydrogen-bond donors (Lipinski definition) is 1. The molecule has 0 amide bonds. The smallest absolute Gasteiger partial charge is 0.193 e. The van der Waals surface area contributed by atoms with Crippen LogP contribution >= 0.6 is 24.0 Å². The predicted octanol–water partition coefficient (Wildman–Crippen LogP) is 0.708. The van der Waals surface area contributed by atoms with E-state index >= 15 is 0 Å². The zero-order valence-electron chi connectivity index (χ0n) is 15.9. The number of halogens is 1. The molecule has 1 aromatic rings. The molecule has 0 spiro atoms. The third kappa shape index (κ3) is 5.54. The molecular weight excluding hydrogens is 447 g/mol. The van der Waals surface area contributed by atoms with Gasteiger partial charge in [-0.3, -0.25) is 14.6 Å². The minimum atomic E-state index is 0. The van der Waals surface area contributed by atoms with E-state index < -0.39 is 0 Å². The van der Waals surface area contributed by atoms with Crippen LogP contribution in [0.3, 0.4) is 0 Å². The van der Waals surface area contributed by atoms with Crippen molar-refractivity contribution in [3.05, 3.63) is 18.0 Å². The summed E-state index contributed by atoms with van der Waals surface area (Å²) in [5.74, 6) is 0.943. The zero-order chi connectivity index (χ0) is 17.6.